The van der Waals surface area contributed by atoms with Crippen molar-refractivity contribution in [2.24, 2.45) is 5.92 Å². The molecule has 12 heavy (non-hydrogen) atoms. The molecule has 0 amide bonds. The van der Waals surface area contributed by atoms with Crippen LogP contribution < -0.4 is 5.32 Å². The standard InChI is InChI=1S/C10H13NS/c1-8-6-11-9-4-2-3-5-10(9)12-7-8/h2-5,8,11H,6-7H2,1H3/t8-/m0/s1. The van der Waals surface area contributed by atoms with E-state index >= 15 is 0 Å². The second-order valence-corrected chi connectivity index (χ2v) is 4.36. The summed E-state index contributed by atoms with van der Waals surface area (Å²) in [6, 6.07) is 8.53. The van der Waals surface area contributed by atoms with Gasteiger partial charge in [-0.2, -0.15) is 0 Å². The molecule has 0 fully saturated rings. The second kappa shape index (κ2) is 3.40. The van der Waals surface area contributed by atoms with Crippen molar-refractivity contribution in [3.05, 3.63) is 24.3 Å². The van der Waals surface area contributed by atoms with Crippen LogP contribution in [0.15, 0.2) is 29.2 Å². The lowest BCUT2D eigenvalue weighted by Crippen LogP contribution is -2.10. The summed E-state index contributed by atoms with van der Waals surface area (Å²) in [6.45, 7) is 3.38. The Kier molecular flexibility index (Phi) is 2.26. The van der Waals surface area contributed by atoms with E-state index in [1.54, 1.807) is 0 Å². The van der Waals surface area contributed by atoms with Gasteiger partial charge in [-0.1, -0.05) is 19.1 Å². The van der Waals surface area contributed by atoms with Crippen molar-refractivity contribution in [2.75, 3.05) is 17.6 Å². The normalized spacial score (nSPS) is 22.2. The molecule has 1 atom stereocenters. The van der Waals surface area contributed by atoms with Gasteiger partial charge in [0.2, 0.25) is 0 Å². The van der Waals surface area contributed by atoms with E-state index in [0.29, 0.717) is 0 Å². The number of anilines is 1. The van der Waals surface area contributed by atoms with Crippen LogP contribution in [0.3, 0.4) is 0 Å². The summed E-state index contributed by atoms with van der Waals surface area (Å²) in [5.74, 6) is 1.99. The first kappa shape index (κ1) is 7.99. The molecule has 1 nitrogen and oxygen atoms in total. The Morgan fingerprint density at radius 1 is 1.42 bits per heavy atom. The van der Waals surface area contributed by atoms with Crippen LogP contribution >= 0.6 is 11.8 Å². The molecule has 1 aliphatic heterocycles. The van der Waals surface area contributed by atoms with E-state index in [-0.39, 0.29) is 0 Å². The molecule has 0 radical (unpaired) electrons. The summed E-state index contributed by atoms with van der Waals surface area (Å²) in [6.07, 6.45) is 0. The molecule has 1 aromatic carbocycles. The zero-order valence-corrected chi connectivity index (χ0v) is 8.03. The second-order valence-electron chi connectivity index (χ2n) is 3.29. The van der Waals surface area contributed by atoms with Gasteiger partial charge >= 0.3 is 0 Å². The smallest absolute Gasteiger partial charge is 0.0478 e. The molecule has 1 heterocycles. The maximum Gasteiger partial charge on any atom is 0.0478 e. The third-order valence-electron chi connectivity index (χ3n) is 2.05. The number of fused-ring (bicyclic) bond motifs is 1. The van der Waals surface area contributed by atoms with Crippen LogP contribution in [0.1, 0.15) is 6.92 Å². The van der Waals surface area contributed by atoms with Gasteiger partial charge in [0, 0.05) is 22.9 Å². The summed E-state index contributed by atoms with van der Waals surface area (Å²) in [7, 11) is 0. The molecule has 1 aliphatic rings. The highest BCUT2D eigenvalue weighted by atomic mass is 32.2. The number of hydrogen-bond acceptors (Lipinski definition) is 2. The van der Waals surface area contributed by atoms with E-state index in [9.17, 15) is 0 Å². The first-order valence-corrected chi connectivity index (χ1v) is 5.30. The largest absolute Gasteiger partial charge is 0.384 e. The van der Waals surface area contributed by atoms with Gasteiger partial charge in [0.05, 0.1) is 0 Å². The van der Waals surface area contributed by atoms with E-state index in [1.165, 1.54) is 16.3 Å². The highest BCUT2D eigenvalue weighted by Gasteiger charge is 2.10. The Morgan fingerprint density at radius 3 is 3.17 bits per heavy atom. The molecular formula is C10H13NS. The molecule has 0 spiro atoms. The highest BCUT2D eigenvalue weighted by Crippen LogP contribution is 2.31. The van der Waals surface area contributed by atoms with Crippen molar-refractivity contribution < 1.29 is 0 Å². The Bertz CT molecular complexity index is 245. The maximum atomic E-state index is 3.45. The van der Waals surface area contributed by atoms with Gasteiger partial charge in [0.1, 0.15) is 0 Å². The topological polar surface area (TPSA) is 12.0 Å². The van der Waals surface area contributed by atoms with Gasteiger partial charge < -0.3 is 5.32 Å². The number of hydrogen-bond donors (Lipinski definition) is 1. The summed E-state index contributed by atoms with van der Waals surface area (Å²) in [5, 5.41) is 3.45. The molecular weight excluding hydrogens is 166 g/mol. The van der Waals surface area contributed by atoms with Crippen LogP contribution in [0.4, 0.5) is 5.69 Å². The van der Waals surface area contributed by atoms with Gasteiger partial charge in [0.15, 0.2) is 0 Å². The number of benzene rings is 1. The van der Waals surface area contributed by atoms with E-state index < -0.39 is 0 Å². The Morgan fingerprint density at radius 2 is 2.25 bits per heavy atom. The fraction of sp³-hybridized carbons (Fsp3) is 0.400. The van der Waals surface area contributed by atoms with Crippen LogP contribution in [-0.4, -0.2) is 12.3 Å². The van der Waals surface area contributed by atoms with Crippen LogP contribution in [-0.2, 0) is 0 Å². The van der Waals surface area contributed by atoms with Gasteiger partial charge in [-0.25, -0.2) is 0 Å². The van der Waals surface area contributed by atoms with Crippen molar-refractivity contribution >= 4 is 17.4 Å². The lowest BCUT2D eigenvalue weighted by atomic mass is 10.2. The summed E-state index contributed by atoms with van der Waals surface area (Å²) in [4.78, 5) is 1.39. The van der Waals surface area contributed by atoms with Gasteiger partial charge in [-0.05, 0) is 18.1 Å². The quantitative estimate of drug-likeness (QED) is 0.657. The molecule has 2 heteroatoms. The third-order valence-corrected chi connectivity index (χ3v) is 3.45. The zero-order chi connectivity index (χ0) is 8.39. The molecule has 1 aromatic rings. The summed E-state index contributed by atoms with van der Waals surface area (Å²) >= 11 is 1.96. The van der Waals surface area contributed by atoms with E-state index in [1.807, 2.05) is 11.8 Å². The molecule has 0 unspecified atom stereocenters. The van der Waals surface area contributed by atoms with Gasteiger partial charge in [-0.3, -0.25) is 0 Å². The minimum absolute atomic E-state index is 0.766. The molecule has 0 aromatic heterocycles. The molecule has 0 bridgehead atoms. The predicted octanol–water partition coefficient (Wildman–Crippen LogP) is 2.84. The average Bonchev–Trinajstić information content (AvgIpc) is 2.29. The van der Waals surface area contributed by atoms with E-state index in [4.69, 9.17) is 0 Å². The molecule has 0 saturated carbocycles. The minimum Gasteiger partial charge on any atom is -0.384 e. The number of nitrogens with one attached hydrogen (secondary N) is 1. The Labute approximate surface area is 77.6 Å². The predicted molar refractivity (Wildman–Crippen MR) is 54.8 cm³/mol. The van der Waals surface area contributed by atoms with Crippen molar-refractivity contribution in [2.45, 2.75) is 11.8 Å². The monoisotopic (exact) mass is 179 g/mol. The van der Waals surface area contributed by atoms with Crippen LogP contribution in [0.25, 0.3) is 0 Å². The number of rotatable bonds is 0. The number of thioether (sulfide) groups is 1. The van der Waals surface area contributed by atoms with Crippen molar-refractivity contribution in [3.63, 3.8) is 0 Å². The molecule has 0 aliphatic carbocycles. The van der Waals surface area contributed by atoms with E-state index in [2.05, 4.69) is 36.5 Å². The Balaban J connectivity index is 2.26. The molecule has 1 N–H and O–H groups in total. The lowest BCUT2D eigenvalue weighted by molar-refractivity contribution is 0.705. The van der Waals surface area contributed by atoms with Crippen LogP contribution in [0.5, 0.6) is 0 Å². The number of para-hydroxylation sites is 1. The molecule has 0 saturated heterocycles. The summed E-state index contributed by atoms with van der Waals surface area (Å²) < 4.78 is 0. The Hall–Kier alpha value is -0.630. The first-order valence-electron chi connectivity index (χ1n) is 4.32. The van der Waals surface area contributed by atoms with Gasteiger partial charge in [0.25, 0.3) is 0 Å². The maximum absolute atomic E-state index is 3.45. The minimum atomic E-state index is 0.766. The van der Waals surface area contributed by atoms with Crippen molar-refractivity contribution in [1.82, 2.24) is 0 Å². The van der Waals surface area contributed by atoms with Crippen molar-refractivity contribution in [3.8, 4) is 0 Å². The third kappa shape index (κ3) is 1.58. The fourth-order valence-electron chi connectivity index (χ4n) is 1.31. The molecule has 64 valence electrons. The molecule has 2 rings (SSSR count). The van der Waals surface area contributed by atoms with Gasteiger partial charge in [-0.15, -0.1) is 11.8 Å². The summed E-state index contributed by atoms with van der Waals surface area (Å²) in [5.41, 5.74) is 1.30. The zero-order valence-electron chi connectivity index (χ0n) is 7.21. The van der Waals surface area contributed by atoms with Crippen molar-refractivity contribution in [1.29, 1.82) is 0 Å². The SMILES string of the molecule is C[C@H]1CNc2ccccc2SC1. The lowest BCUT2D eigenvalue weighted by Gasteiger charge is -2.06. The highest BCUT2D eigenvalue weighted by molar-refractivity contribution is 7.99. The van der Waals surface area contributed by atoms with Crippen LogP contribution in [0.2, 0.25) is 0 Å². The first-order chi connectivity index (χ1) is 5.86. The average molecular weight is 179 g/mol. The van der Waals surface area contributed by atoms with Crippen LogP contribution in [0, 0.1) is 5.92 Å². The van der Waals surface area contributed by atoms with E-state index in [0.717, 1.165) is 12.5 Å². The fourth-order valence-corrected chi connectivity index (χ4v) is 2.37.